The van der Waals surface area contributed by atoms with Gasteiger partial charge in [0.2, 0.25) is 11.8 Å². The summed E-state index contributed by atoms with van der Waals surface area (Å²) < 4.78 is 0. The summed E-state index contributed by atoms with van der Waals surface area (Å²) >= 11 is 0. The molecule has 3 rings (SSSR count). The van der Waals surface area contributed by atoms with Crippen LogP contribution in [-0.4, -0.2) is 41.6 Å². The minimum atomic E-state index is -0.366. The smallest absolute Gasteiger partial charge is 0.253 e. The van der Waals surface area contributed by atoms with Gasteiger partial charge in [0.25, 0.3) is 11.8 Å². The molecule has 162 valence electrons. The largest absolute Gasteiger partial charge is 0.348 e. The molecule has 0 aliphatic carbocycles. The van der Waals surface area contributed by atoms with Crippen LogP contribution in [0.2, 0.25) is 0 Å². The zero-order chi connectivity index (χ0) is 22.4. The summed E-state index contributed by atoms with van der Waals surface area (Å²) in [6.07, 6.45) is 2.05. The molecule has 0 aromatic heterocycles. The predicted octanol–water partition coefficient (Wildman–Crippen LogP) is 2.77. The van der Waals surface area contributed by atoms with Crippen LogP contribution in [0.4, 0.5) is 11.4 Å². The van der Waals surface area contributed by atoms with E-state index in [9.17, 15) is 19.2 Å². The van der Waals surface area contributed by atoms with Crippen molar-refractivity contribution < 1.29 is 19.2 Å². The van der Waals surface area contributed by atoms with Crippen LogP contribution in [0, 0.1) is 0 Å². The Bertz CT molecular complexity index is 978. The van der Waals surface area contributed by atoms with Crippen LogP contribution in [-0.2, 0) is 16.1 Å². The number of benzene rings is 2. The lowest BCUT2D eigenvalue weighted by atomic mass is 10.1. The minimum absolute atomic E-state index is 0.00799. The molecule has 8 heteroatoms. The first-order valence-electron chi connectivity index (χ1n) is 10.2. The van der Waals surface area contributed by atoms with Crippen LogP contribution in [0.3, 0.4) is 0 Å². The average molecular weight is 422 g/mol. The Morgan fingerprint density at radius 1 is 0.839 bits per heavy atom. The number of anilines is 2. The van der Waals surface area contributed by atoms with Gasteiger partial charge in [-0.15, -0.1) is 0 Å². The van der Waals surface area contributed by atoms with Gasteiger partial charge in [-0.25, -0.2) is 0 Å². The summed E-state index contributed by atoms with van der Waals surface area (Å²) in [4.78, 5) is 49.9. The van der Waals surface area contributed by atoms with Gasteiger partial charge in [0, 0.05) is 56.0 Å². The minimum Gasteiger partial charge on any atom is -0.348 e. The summed E-state index contributed by atoms with van der Waals surface area (Å²) in [5.74, 6) is -0.930. The summed E-state index contributed by atoms with van der Waals surface area (Å²) in [5, 5.41) is 8.07. The highest BCUT2D eigenvalue weighted by Gasteiger charge is 2.19. The molecule has 1 fully saturated rings. The number of nitrogens with zero attached hydrogens (tertiary/aromatic N) is 1. The molecular weight excluding hydrogens is 396 g/mol. The third-order valence-electron chi connectivity index (χ3n) is 4.86. The Hall–Kier alpha value is -3.68. The fourth-order valence-electron chi connectivity index (χ4n) is 3.51. The summed E-state index contributed by atoms with van der Waals surface area (Å²) in [6, 6.07) is 11.9. The first kappa shape index (κ1) is 22.0. The van der Waals surface area contributed by atoms with Crippen molar-refractivity contribution in [2.24, 2.45) is 0 Å². The van der Waals surface area contributed by atoms with E-state index in [0.29, 0.717) is 22.5 Å². The molecule has 4 amide bonds. The molecule has 0 spiro atoms. The number of nitrogens with one attached hydrogen (secondary N) is 3. The van der Waals surface area contributed by atoms with E-state index in [1.165, 1.54) is 26.0 Å². The van der Waals surface area contributed by atoms with Gasteiger partial charge in [-0.05, 0) is 48.7 Å². The van der Waals surface area contributed by atoms with Gasteiger partial charge >= 0.3 is 0 Å². The standard InChI is InChI=1S/C23H26N4O4/c1-15(28)25-20-11-19(12-21(13-20)26-16(2)29)22(30)24-14-17-6-5-7-18(10-17)23(31)27-8-3-4-9-27/h5-7,10-13H,3-4,8-9,14H2,1-2H3,(H,24,30)(H,25,28)(H,26,29). The van der Waals surface area contributed by atoms with Gasteiger partial charge in [0.15, 0.2) is 0 Å². The van der Waals surface area contributed by atoms with Crippen molar-refractivity contribution in [1.29, 1.82) is 0 Å². The number of hydrogen-bond acceptors (Lipinski definition) is 4. The van der Waals surface area contributed by atoms with E-state index in [0.717, 1.165) is 31.5 Å². The number of likely N-dealkylation sites (tertiary alicyclic amines) is 1. The van der Waals surface area contributed by atoms with Crippen molar-refractivity contribution in [2.45, 2.75) is 33.2 Å². The van der Waals surface area contributed by atoms with Crippen LogP contribution < -0.4 is 16.0 Å². The monoisotopic (exact) mass is 422 g/mol. The summed E-state index contributed by atoms with van der Waals surface area (Å²) in [6.45, 7) is 4.52. The third-order valence-corrected chi connectivity index (χ3v) is 4.86. The maximum atomic E-state index is 12.7. The summed E-state index contributed by atoms with van der Waals surface area (Å²) in [7, 11) is 0. The Kier molecular flexibility index (Phi) is 7.02. The van der Waals surface area contributed by atoms with Gasteiger partial charge in [-0.1, -0.05) is 12.1 Å². The lowest BCUT2D eigenvalue weighted by Gasteiger charge is -2.16. The van der Waals surface area contributed by atoms with Gasteiger partial charge in [0.1, 0.15) is 0 Å². The van der Waals surface area contributed by atoms with E-state index < -0.39 is 0 Å². The number of rotatable bonds is 6. The van der Waals surface area contributed by atoms with E-state index in [2.05, 4.69) is 16.0 Å². The van der Waals surface area contributed by atoms with Crippen molar-refractivity contribution in [3.05, 3.63) is 59.2 Å². The van der Waals surface area contributed by atoms with Crippen molar-refractivity contribution in [3.8, 4) is 0 Å². The number of carbonyl (C=O) groups excluding carboxylic acids is 4. The molecule has 0 bridgehead atoms. The Balaban J connectivity index is 1.71. The fourth-order valence-corrected chi connectivity index (χ4v) is 3.51. The van der Waals surface area contributed by atoms with Crippen LogP contribution in [0.15, 0.2) is 42.5 Å². The van der Waals surface area contributed by atoms with Crippen molar-refractivity contribution in [1.82, 2.24) is 10.2 Å². The lowest BCUT2D eigenvalue weighted by Crippen LogP contribution is -2.28. The zero-order valence-corrected chi connectivity index (χ0v) is 17.7. The molecule has 0 radical (unpaired) electrons. The Labute approximate surface area is 181 Å². The molecule has 1 aliphatic heterocycles. The fraction of sp³-hybridized carbons (Fsp3) is 0.304. The highest BCUT2D eigenvalue weighted by molar-refractivity contribution is 6.00. The Morgan fingerprint density at radius 2 is 1.45 bits per heavy atom. The van der Waals surface area contributed by atoms with E-state index in [4.69, 9.17) is 0 Å². The maximum Gasteiger partial charge on any atom is 0.253 e. The predicted molar refractivity (Wildman–Crippen MR) is 118 cm³/mol. The van der Waals surface area contributed by atoms with Crippen molar-refractivity contribution in [3.63, 3.8) is 0 Å². The van der Waals surface area contributed by atoms with Crippen molar-refractivity contribution in [2.75, 3.05) is 23.7 Å². The van der Waals surface area contributed by atoms with Gasteiger partial charge in [0.05, 0.1) is 0 Å². The molecule has 2 aromatic carbocycles. The molecule has 0 saturated carbocycles. The number of amides is 4. The van der Waals surface area contributed by atoms with E-state index in [1.54, 1.807) is 24.3 Å². The van der Waals surface area contributed by atoms with Gasteiger partial charge in [-0.2, -0.15) is 0 Å². The first-order valence-corrected chi connectivity index (χ1v) is 10.2. The maximum absolute atomic E-state index is 12.7. The molecule has 31 heavy (non-hydrogen) atoms. The quantitative estimate of drug-likeness (QED) is 0.665. The Morgan fingerprint density at radius 3 is 2.03 bits per heavy atom. The van der Waals surface area contributed by atoms with Crippen LogP contribution in [0.25, 0.3) is 0 Å². The first-order chi connectivity index (χ1) is 14.8. The number of carbonyl (C=O) groups is 4. The van der Waals surface area contributed by atoms with Crippen molar-refractivity contribution >= 4 is 35.0 Å². The normalized spacial score (nSPS) is 12.9. The number of hydrogen-bond donors (Lipinski definition) is 3. The molecule has 8 nitrogen and oxygen atoms in total. The molecule has 0 unspecified atom stereocenters. The molecule has 1 saturated heterocycles. The molecule has 2 aromatic rings. The third kappa shape index (κ3) is 6.15. The van der Waals surface area contributed by atoms with Gasteiger partial charge in [-0.3, -0.25) is 19.2 Å². The molecular formula is C23H26N4O4. The van der Waals surface area contributed by atoms with E-state index >= 15 is 0 Å². The zero-order valence-electron chi connectivity index (χ0n) is 17.7. The second kappa shape index (κ2) is 9.88. The van der Waals surface area contributed by atoms with Gasteiger partial charge < -0.3 is 20.9 Å². The van der Waals surface area contributed by atoms with Crippen LogP contribution in [0.5, 0.6) is 0 Å². The van der Waals surface area contributed by atoms with Crippen LogP contribution in [0.1, 0.15) is 53.0 Å². The van der Waals surface area contributed by atoms with E-state index in [-0.39, 0.29) is 30.2 Å². The highest BCUT2D eigenvalue weighted by atomic mass is 16.2. The molecule has 0 atom stereocenters. The molecule has 1 heterocycles. The average Bonchev–Trinajstić information content (AvgIpc) is 3.25. The lowest BCUT2D eigenvalue weighted by molar-refractivity contribution is -0.115. The second-order valence-electron chi connectivity index (χ2n) is 7.54. The molecule has 3 N–H and O–H groups in total. The summed E-state index contributed by atoms with van der Waals surface area (Å²) in [5.41, 5.74) is 2.51. The van der Waals surface area contributed by atoms with Crippen LogP contribution >= 0.6 is 0 Å². The SMILES string of the molecule is CC(=O)Nc1cc(NC(C)=O)cc(C(=O)NCc2cccc(C(=O)N3CCCC3)c2)c1. The molecule has 1 aliphatic rings. The topological polar surface area (TPSA) is 108 Å². The second-order valence-corrected chi connectivity index (χ2v) is 7.54. The van der Waals surface area contributed by atoms with E-state index in [1.807, 2.05) is 11.0 Å². The highest BCUT2D eigenvalue weighted by Crippen LogP contribution is 2.20.